The van der Waals surface area contributed by atoms with Crippen molar-refractivity contribution in [3.8, 4) is 0 Å². The first-order valence-electron chi connectivity index (χ1n) is 6.57. The molecule has 2 N–H and O–H groups in total. The predicted octanol–water partition coefficient (Wildman–Crippen LogP) is 2.66. The van der Waals surface area contributed by atoms with Gasteiger partial charge in [0.15, 0.2) is 11.6 Å². The zero-order valence-corrected chi connectivity index (χ0v) is 11.7. The fraction of sp³-hybridized carbons (Fsp3) is 0.143. The van der Waals surface area contributed by atoms with Crippen molar-refractivity contribution >= 4 is 17.6 Å². The van der Waals surface area contributed by atoms with E-state index in [0.717, 1.165) is 5.56 Å². The van der Waals surface area contributed by atoms with Gasteiger partial charge in [-0.2, -0.15) is 10.1 Å². The first kappa shape index (κ1) is 13.9. The molecule has 0 atom stereocenters. The van der Waals surface area contributed by atoms with Crippen LogP contribution in [0.15, 0.2) is 41.1 Å². The lowest BCUT2D eigenvalue weighted by atomic mass is 10.2. The van der Waals surface area contributed by atoms with Crippen LogP contribution in [0.5, 0.6) is 0 Å². The van der Waals surface area contributed by atoms with Gasteiger partial charge < -0.3 is 15.2 Å². The monoisotopic (exact) mass is 300 g/mol. The van der Waals surface area contributed by atoms with E-state index in [2.05, 4.69) is 31.0 Å². The summed E-state index contributed by atoms with van der Waals surface area (Å²) in [6, 6.07) is 7.95. The van der Waals surface area contributed by atoms with E-state index in [1.54, 1.807) is 25.1 Å². The SMILES string of the molecule is Cc1cc(Nc2nncc(NCc3ccc(F)cc3)n2)no1. The van der Waals surface area contributed by atoms with Crippen LogP contribution in [0.25, 0.3) is 0 Å². The second-order valence-electron chi connectivity index (χ2n) is 4.59. The summed E-state index contributed by atoms with van der Waals surface area (Å²) in [5.74, 6) is 1.78. The molecule has 0 saturated carbocycles. The zero-order valence-electron chi connectivity index (χ0n) is 11.7. The molecule has 3 aromatic rings. The summed E-state index contributed by atoms with van der Waals surface area (Å²) in [4.78, 5) is 4.26. The molecular formula is C14H13FN6O. The van der Waals surface area contributed by atoms with E-state index in [9.17, 15) is 4.39 Å². The highest BCUT2D eigenvalue weighted by atomic mass is 19.1. The Bertz CT molecular complexity index is 758. The Balaban J connectivity index is 1.64. The quantitative estimate of drug-likeness (QED) is 0.748. The van der Waals surface area contributed by atoms with Gasteiger partial charge >= 0.3 is 0 Å². The fourth-order valence-corrected chi connectivity index (χ4v) is 1.78. The van der Waals surface area contributed by atoms with Crippen molar-refractivity contribution in [3.63, 3.8) is 0 Å². The van der Waals surface area contributed by atoms with Crippen LogP contribution in [0.2, 0.25) is 0 Å². The molecule has 0 aliphatic carbocycles. The van der Waals surface area contributed by atoms with Crippen molar-refractivity contribution in [3.05, 3.63) is 53.7 Å². The van der Waals surface area contributed by atoms with Gasteiger partial charge in [-0.3, -0.25) is 0 Å². The molecule has 0 saturated heterocycles. The second kappa shape index (κ2) is 6.17. The fourth-order valence-electron chi connectivity index (χ4n) is 1.78. The molecule has 112 valence electrons. The maximum Gasteiger partial charge on any atom is 0.250 e. The topological polar surface area (TPSA) is 88.8 Å². The Labute approximate surface area is 125 Å². The summed E-state index contributed by atoms with van der Waals surface area (Å²) < 4.78 is 17.8. The Morgan fingerprint density at radius 2 is 2.00 bits per heavy atom. The van der Waals surface area contributed by atoms with Gasteiger partial charge in [-0.15, -0.1) is 5.10 Å². The largest absolute Gasteiger partial charge is 0.365 e. The highest BCUT2D eigenvalue weighted by molar-refractivity contribution is 5.48. The minimum absolute atomic E-state index is 0.262. The number of aromatic nitrogens is 4. The molecule has 0 radical (unpaired) electrons. The minimum Gasteiger partial charge on any atom is -0.365 e. The first-order valence-corrected chi connectivity index (χ1v) is 6.57. The van der Waals surface area contributed by atoms with E-state index < -0.39 is 0 Å². The Hall–Kier alpha value is -3.03. The van der Waals surface area contributed by atoms with Gasteiger partial charge in [0.1, 0.15) is 11.6 Å². The highest BCUT2D eigenvalue weighted by Gasteiger charge is 2.05. The molecule has 0 fully saturated rings. The van der Waals surface area contributed by atoms with E-state index in [1.807, 2.05) is 0 Å². The lowest BCUT2D eigenvalue weighted by Crippen LogP contribution is -2.05. The molecule has 2 aromatic heterocycles. The molecule has 0 bridgehead atoms. The number of rotatable bonds is 5. The third-order valence-electron chi connectivity index (χ3n) is 2.81. The normalized spacial score (nSPS) is 10.5. The van der Waals surface area contributed by atoms with Crippen LogP contribution in [0.1, 0.15) is 11.3 Å². The number of hydrogen-bond acceptors (Lipinski definition) is 7. The average Bonchev–Trinajstić information content (AvgIpc) is 2.92. The molecule has 0 unspecified atom stereocenters. The maximum atomic E-state index is 12.8. The number of nitrogens with one attached hydrogen (secondary N) is 2. The maximum absolute atomic E-state index is 12.8. The predicted molar refractivity (Wildman–Crippen MR) is 78.1 cm³/mol. The number of benzene rings is 1. The van der Waals surface area contributed by atoms with Gasteiger partial charge in [0, 0.05) is 12.6 Å². The van der Waals surface area contributed by atoms with Crippen LogP contribution in [0.3, 0.4) is 0 Å². The summed E-state index contributed by atoms with van der Waals surface area (Å²) >= 11 is 0. The van der Waals surface area contributed by atoms with Gasteiger partial charge in [-0.25, -0.2) is 4.39 Å². The van der Waals surface area contributed by atoms with Gasteiger partial charge in [-0.1, -0.05) is 17.3 Å². The van der Waals surface area contributed by atoms with Gasteiger partial charge in [0.25, 0.3) is 0 Å². The lowest BCUT2D eigenvalue weighted by molar-refractivity contribution is 0.400. The molecule has 0 spiro atoms. The molecule has 1 aromatic carbocycles. The standard InChI is InChI=1S/C14H13FN6O/c1-9-6-12(21-22-9)18-14-19-13(8-17-20-14)16-7-10-2-4-11(15)5-3-10/h2-6,8H,7H2,1H3,(H2,16,18,19,20,21). The van der Waals surface area contributed by atoms with Crippen molar-refractivity contribution in [2.45, 2.75) is 13.5 Å². The van der Waals surface area contributed by atoms with Gasteiger partial charge in [-0.05, 0) is 24.6 Å². The first-order chi connectivity index (χ1) is 10.7. The molecule has 2 heterocycles. The summed E-state index contributed by atoms with van der Waals surface area (Å²) in [7, 11) is 0. The van der Waals surface area contributed by atoms with Crippen LogP contribution >= 0.6 is 0 Å². The Morgan fingerprint density at radius 1 is 1.18 bits per heavy atom. The van der Waals surface area contributed by atoms with Crippen molar-refractivity contribution in [2.24, 2.45) is 0 Å². The van der Waals surface area contributed by atoms with Gasteiger partial charge in [0.2, 0.25) is 5.95 Å². The van der Waals surface area contributed by atoms with Crippen LogP contribution in [-0.2, 0) is 6.54 Å². The van der Waals surface area contributed by atoms with Crippen LogP contribution in [-0.4, -0.2) is 20.3 Å². The Kier molecular flexibility index (Phi) is 3.90. The van der Waals surface area contributed by atoms with E-state index in [4.69, 9.17) is 4.52 Å². The van der Waals surface area contributed by atoms with E-state index >= 15 is 0 Å². The third-order valence-corrected chi connectivity index (χ3v) is 2.81. The van der Waals surface area contributed by atoms with Gasteiger partial charge in [0.05, 0.1) is 6.20 Å². The summed E-state index contributed by atoms with van der Waals surface area (Å²) in [5.41, 5.74) is 0.932. The number of aryl methyl sites for hydroxylation is 1. The van der Waals surface area contributed by atoms with Crippen LogP contribution in [0, 0.1) is 12.7 Å². The van der Waals surface area contributed by atoms with E-state index in [0.29, 0.717) is 29.9 Å². The number of halogens is 1. The molecule has 8 heteroatoms. The van der Waals surface area contributed by atoms with Crippen LogP contribution < -0.4 is 10.6 Å². The van der Waals surface area contributed by atoms with E-state index in [1.165, 1.54) is 18.3 Å². The smallest absolute Gasteiger partial charge is 0.250 e. The van der Waals surface area contributed by atoms with Crippen molar-refractivity contribution in [1.82, 2.24) is 20.3 Å². The average molecular weight is 300 g/mol. The van der Waals surface area contributed by atoms with Crippen molar-refractivity contribution in [1.29, 1.82) is 0 Å². The highest BCUT2D eigenvalue weighted by Crippen LogP contribution is 2.13. The van der Waals surface area contributed by atoms with Crippen molar-refractivity contribution < 1.29 is 8.91 Å². The summed E-state index contributed by atoms with van der Waals surface area (Å²) in [6.07, 6.45) is 1.50. The Morgan fingerprint density at radius 3 is 2.73 bits per heavy atom. The molecule has 0 aliphatic heterocycles. The number of nitrogens with zero attached hydrogens (tertiary/aromatic N) is 4. The zero-order chi connectivity index (χ0) is 15.4. The third kappa shape index (κ3) is 3.54. The number of anilines is 3. The van der Waals surface area contributed by atoms with Crippen LogP contribution in [0.4, 0.5) is 22.0 Å². The summed E-state index contributed by atoms with van der Waals surface area (Å²) in [5, 5.41) is 17.5. The van der Waals surface area contributed by atoms with E-state index in [-0.39, 0.29) is 5.82 Å². The second-order valence-corrected chi connectivity index (χ2v) is 4.59. The molecule has 0 amide bonds. The minimum atomic E-state index is -0.262. The molecule has 22 heavy (non-hydrogen) atoms. The lowest BCUT2D eigenvalue weighted by Gasteiger charge is -2.06. The van der Waals surface area contributed by atoms with Crippen molar-refractivity contribution in [2.75, 3.05) is 10.6 Å². The molecular weight excluding hydrogens is 287 g/mol. The molecule has 3 rings (SSSR count). The summed E-state index contributed by atoms with van der Waals surface area (Å²) in [6.45, 7) is 2.29. The molecule has 7 nitrogen and oxygen atoms in total. The number of hydrogen-bond donors (Lipinski definition) is 2. The molecule has 0 aliphatic rings.